The van der Waals surface area contributed by atoms with Crippen molar-refractivity contribution in [1.82, 2.24) is 4.31 Å². The van der Waals surface area contributed by atoms with Crippen LogP contribution in [0.15, 0.2) is 21.5 Å². The van der Waals surface area contributed by atoms with Crippen LogP contribution >= 0.6 is 15.9 Å². The van der Waals surface area contributed by atoms with Gasteiger partial charge in [0.25, 0.3) is 0 Å². The molecule has 1 aromatic carbocycles. The Kier molecular flexibility index (Phi) is 5.23. The average Bonchev–Trinajstić information content (AvgIpc) is 2.30. The number of benzene rings is 1. The van der Waals surface area contributed by atoms with E-state index in [9.17, 15) is 8.42 Å². The van der Waals surface area contributed by atoms with Crippen LogP contribution in [0.1, 0.15) is 13.8 Å². The Balaban J connectivity index is 3.32. The number of hydrogen-bond acceptors (Lipinski definition) is 4. The Morgan fingerprint density at radius 1 is 1.42 bits per heavy atom. The van der Waals surface area contributed by atoms with Crippen molar-refractivity contribution in [3.63, 3.8) is 0 Å². The minimum atomic E-state index is -3.61. The third kappa shape index (κ3) is 3.61. The Labute approximate surface area is 122 Å². The monoisotopic (exact) mass is 350 g/mol. The van der Waals surface area contributed by atoms with Crippen molar-refractivity contribution in [3.05, 3.63) is 16.6 Å². The molecule has 0 radical (unpaired) electrons. The second-order valence-corrected chi connectivity index (χ2v) is 7.57. The third-order valence-electron chi connectivity index (χ3n) is 2.59. The third-order valence-corrected chi connectivity index (χ3v) is 5.12. The van der Waals surface area contributed by atoms with E-state index < -0.39 is 10.0 Å². The molecule has 0 atom stereocenters. The smallest absolute Gasteiger partial charge is 0.246 e. The molecule has 0 unspecified atom stereocenters. The zero-order valence-electron chi connectivity index (χ0n) is 11.5. The molecule has 0 fully saturated rings. The van der Waals surface area contributed by atoms with E-state index in [1.807, 2.05) is 13.8 Å². The first-order valence-electron chi connectivity index (χ1n) is 5.79. The van der Waals surface area contributed by atoms with Crippen LogP contribution in [0.3, 0.4) is 0 Å². The summed E-state index contributed by atoms with van der Waals surface area (Å²) in [6, 6.07) is 2.97. The SMILES string of the molecule is COc1cc(Br)c(N)cc1S(=O)(=O)N(C)CC(C)C. The molecule has 0 saturated carbocycles. The fraction of sp³-hybridized carbons (Fsp3) is 0.500. The number of nitrogens with zero attached hydrogens (tertiary/aromatic N) is 1. The van der Waals surface area contributed by atoms with Crippen LogP contribution < -0.4 is 10.5 Å². The second-order valence-electron chi connectivity index (χ2n) is 4.70. The zero-order valence-corrected chi connectivity index (χ0v) is 13.9. The van der Waals surface area contributed by atoms with E-state index in [-0.39, 0.29) is 16.6 Å². The van der Waals surface area contributed by atoms with Gasteiger partial charge in [-0.25, -0.2) is 12.7 Å². The maximum Gasteiger partial charge on any atom is 0.246 e. The molecule has 2 N–H and O–H groups in total. The first-order valence-corrected chi connectivity index (χ1v) is 8.02. The van der Waals surface area contributed by atoms with Crippen molar-refractivity contribution in [2.45, 2.75) is 18.7 Å². The molecule has 0 heterocycles. The van der Waals surface area contributed by atoms with Gasteiger partial charge >= 0.3 is 0 Å². The zero-order chi connectivity index (χ0) is 14.8. The highest BCUT2D eigenvalue weighted by Crippen LogP contribution is 2.33. The van der Waals surface area contributed by atoms with E-state index in [1.165, 1.54) is 17.5 Å². The van der Waals surface area contributed by atoms with Gasteiger partial charge < -0.3 is 10.5 Å². The van der Waals surface area contributed by atoms with Gasteiger partial charge in [-0.05, 0) is 34.0 Å². The Morgan fingerprint density at radius 3 is 2.47 bits per heavy atom. The van der Waals surface area contributed by atoms with Gasteiger partial charge in [-0.15, -0.1) is 0 Å². The molecule has 0 bridgehead atoms. The molecule has 7 heteroatoms. The molecule has 0 aromatic heterocycles. The molecule has 0 aliphatic heterocycles. The highest BCUT2D eigenvalue weighted by molar-refractivity contribution is 9.10. The normalized spacial score (nSPS) is 12.2. The van der Waals surface area contributed by atoms with Gasteiger partial charge in [-0.1, -0.05) is 13.8 Å². The molecular weight excluding hydrogens is 332 g/mol. The van der Waals surface area contributed by atoms with Gasteiger partial charge in [-0.2, -0.15) is 0 Å². The first kappa shape index (κ1) is 16.3. The van der Waals surface area contributed by atoms with Gasteiger partial charge in [-0.3, -0.25) is 0 Å². The quantitative estimate of drug-likeness (QED) is 0.827. The van der Waals surface area contributed by atoms with Gasteiger partial charge in [0, 0.05) is 23.8 Å². The van der Waals surface area contributed by atoms with Crippen LogP contribution in [-0.4, -0.2) is 33.4 Å². The molecule has 0 amide bonds. The molecule has 108 valence electrons. The van der Waals surface area contributed by atoms with Crippen molar-refractivity contribution in [3.8, 4) is 5.75 Å². The summed E-state index contributed by atoms with van der Waals surface area (Å²) in [4.78, 5) is 0.0823. The number of rotatable bonds is 5. The molecule has 0 spiro atoms. The molecule has 0 saturated heterocycles. The molecule has 5 nitrogen and oxygen atoms in total. The number of nitrogen functional groups attached to an aromatic ring is 1. The summed E-state index contributed by atoms with van der Waals surface area (Å²) < 4.78 is 32.0. The number of nitrogens with two attached hydrogens (primary N) is 1. The van der Waals surface area contributed by atoms with Gasteiger partial charge in [0.05, 0.1) is 7.11 Å². The van der Waals surface area contributed by atoms with Gasteiger partial charge in [0.1, 0.15) is 10.6 Å². The van der Waals surface area contributed by atoms with Crippen molar-refractivity contribution >= 4 is 31.6 Å². The molecule has 0 aliphatic carbocycles. The van der Waals surface area contributed by atoms with Crippen molar-refractivity contribution < 1.29 is 13.2 Å². The Hall–Kier alpha value is -0.790. The minimum Gasteiger partial charge on any atom is -0.495 e. The summed E-state index contributed by atoms with van der Waals surface area (Å²) in [5.41, 5.74) is 6.12. The van der Waals surface area contributed by atoms with E-state index in [0.717, 1.165) is 0 Å². The lowest BCUT2D eigenvalue weighted by Crippen LogP contribution is -2.30. The van der Waals surface area contributed by atoms with E-state index in [4.69, 9.17) is 10.5 Å². The van der Waals surface area contributed by atoms with Gasteiger partial charge in [0.15, 0.2) is 0 Å². The van der Waals surface area contributed by atoms with Crippen LogP contribution in [0.5, 0.6) is 5.75 Å². The van der Waals surface area contributed by atoms with Crippen LogP contribution in [-0.2, 0) is 10.0 Å². The molecule has 1 aromatic rings. The number of sulfonamides is 1. The van der Waals surface area contributed by atoms with Crippen molar-refractivity contribution in [2.75, 3.05) is 26.4 Å². The summed E-state index contributed by atoms with van der Waals surface area (Å²) in [7, 11) is -0.630. The van der Waals surface area contributed by atoms with E-state index >= 15 is 0 Å². The van der Waals surface area contributed by atoms with E-state index in [0.29, 0.717) is 16.7 Å². The minimum absolute atomic E-state index is 0.0823. The summed E-state index contributed by atoms with van der Waals surface area (Å²) in [5, 5.41) is 0. The largest absolute Gasteiger partial charge is 0.495 e. The van der Waals surface area contributed by atoms with Crippen molar-refractivity contribution in [2.24, 2.45) is 5.92 Å². The highest BCUT2D eigenvalue weighted by atomic mass is 79.9. The summed E-state index contributed by atoms with van der Waals surface area (Å²) in [6.07, 6.45) is 0. The van der Waals surface area contributed by atoms with E-state index in [1.54, 1.807) is 13.1 Å². The number of ether oxygens (including phenoxy) is 1. The number of hydrogen-bond donors (Lipinski definition) is 1. The number of methoxy groups -OCH3 is 1. The maximum atomic E-state index is 12.5. The lowest BCUT2D eigenvalue weighted by atomic mass is 10.2. The van der Waals surface area contributed by atoms with Crippen LogP contribution in [0.4, 0.5) is 5.69 Å². The second kappa shape index (κ2) is 6.11. The van der Waals surface area contributed by atoms with Crippen LogP contribution in [0.2, 0.25) is 0 Å². The molecule has 0 aliphatic rings. The summed E-state index contributed by atoms with van der Waals surface area (Å²) in [6.45, 7) is 4.35. The number of anilines is 1. The summed E-state index contributed by atoms with van der Waals surface area (Å²) >= 11 is 3.25. The average molecular weight is 351 g/mol. The fourth-order valence-electron chi connectivity index (χ4n) is 1.69. The lowest BCUT2D eigenvalue weighted by Gasteiger charge is -2.21. The standard InChI is InChI=1S/C12H19BrN2O3S/c1-8(2)7-15(3)19(16,17)12-6-10(14)9(13)5-11(12)18-4/h5-6,8H,7,14H2,1-4H3. The van der Waals surface area contributed by atoms with Crippen LogP contribution in [0, 0.1) is 5.92 Å². The fourth-order valence-corrected chi connectivity index (χ4v) is 3.52. The Bertz CT molecular complexity index is 558. The predicted octanol–water partition coefficient (Wildman–Crippen LogP) is 2.32. The maximum absolute atomic E-state index is 12.5. The Morgan fingerprint density at radius 2 is 2.00 bits per heavy atom. The molecular formula is C12H19BrN2O3S. The predicted molar refractivity (Wildman–Crippen MR) is 79.8 cm³/mol. The highest BCUT2D eigenvalue weighted by Gasteiger charge is 2.26. The van der Waals surface area contributed by atoms with Crippen LogP contribution in [0.25, 0.3) is 0 Å². The number of halogens is 1. The lowest BCUT2D eigenvalue weighted by molar-refractivity contribution is 0.391. The summed E-state index contributed by atoms with van der Waals surface area (Å²) in [5.74, 6) is 0.509. The first-order chi connectivity index (χ1) is 8.70. The molecule has 1 rings (SSSR count). The topological polar surface area (TPSA) is 72.6 Å². The van der Waals surface area contributed by atoms with E-state index in [2.05, 4.69) is 15.9 Å². The molecule has 19 heavy (non-hydrogen) atoms. The van der Waals surface area contributed by atoms with Crippen molar-refractivity contribution in [1.29, 1.82) is 0 Å². The van der Waals surface area contributed by atoms with Gasteiger partial charge in [0.2, 0.25) is 10.0 Å².